The Morgan fingerprint density at radius 2 is 2.23 bits per heavy atom. The van der Waals surface area contributed by atoms with Gasteiger partial charge < -0.3 is 5.73 Å². The molecule has 0 spiro atoms. The van der Waals surface area contributed by atoms with E-state index in [1.54, 1.807) is 0 Å². The van der Waals surface area contributed by atoms with Crippen LogP contribution >= 0.6 is 11.6 Å². The van der Waals surface area contributed by atoms with Crippen molar-refractivity contribution < 1.29 is 0 Å². The highest BCUT2D eigenvalue weighted by Gasteiger charge is 2.43. The van der Waals surface area contributed by atoms with Crippen molar-refractivity contribution in [3.05, 3.63) is 22.7 Å². The van der Waals surface area contributed by atoms with Crippen LogP contribution in [0.4, 0.5) is 0 Å². The van der Waals surface area contributed by atoms with Crippen LogP contribution in [0.25, 0.3) is 0 Å². The quantitative estimate of drug-likeness (QED) is 0.734. The lowest BCUT2D eigenvalue weighted by Crippen LogP contribution is -2.22. The van der Waals surface area contributed by atoms with Crippen molar-refractivity contribution in [2.75, 3.05) is 0 Å². The van der Waals surface area contributed by atoms with Crippen LogP contribution in [0.15, 0.2) is 6.33 Å². The molecule has 0 aliphatic heterocycles. The molecule has 13 heavy (non-hydrogen) atoms. The average Bonchev–Trinajstić information content (AvgIpc) is 2.84. The number of nitrogens with two attached hydrogens (primary N) is 1. The van der Waals surface area contributed by atoms with Crippen LogP contribution in [-0.2, 0) is 12.0 Å². The summed E-state index contributed by atoms with van der Waals surface area (Å²) in [7, 11) is 0. The van der Waals surface area contributed by atoms with Crippen LogP contribution in [0.1, 0.15) is 31.0 Å². The third-order valence-corrected chi connectivity index (χ3v) is 2.79. The molecule has 2 rings (SSSR count). The second-order valence-corrected chi connectivity index (χ2v) is 3.85. The van der Waals surface area contributed by atoms with E-state index in [2.05, 4.69) is 9.97 Å². The SMILES string of the molecule is CCc1ncnc(Cl)c1C1(N)CC1. The van der Waals surface area contributed by atoms with E-state index in [0.717, 1.165) is 30.5 Å². The Bertz CT molecular complexity index is 334. The number of hydrogen-bond donors (Lipinski definition) is 1. The monoisotopic (exact) mass is 197 g/mol. The molecule has 0 atom stereocenters. The van der Waals surface area contributed by atoms with Crippen molar-refractivity contribution in [2.24, 2.45) is 5.73 Å². The van der Waals surface area contributed by atoms with Crippen LogP contribution in [-0.4, -0.2) is 9.97 Å². The predicted molar refractivity (Wildman–Crippen MR) is 51.5 cm³/mol. The average molecular weight is 198 g/mol. The minimum Gasteiger partial charge on any atom is -0.321 e. The third-order valence-electron chi connectivity index (χ3n) is 2.50. The highest BCUT2D eigenvalue weighted by atomic mass is 35.5. The minimum atomic E-state index is -0.232. The zero-order chi connectivity index (χ0) is 9.47. The molecule has 0 saturated heterocycles. The molecule has 0 radical (unpaired) electrons. The molecule has 1 aromatic heterocycles. The Morgan fingerprint density at radius 1 is 1.54 bits per heavy atom. The summed E-state index contributed by atoms with van der Waals surface area (Å²) in [5.74, 6) is 0. The largest absolute Gasteiger partial charge is 0.321 e. The first-order chi connectivity index (χ1) is 6.17. The Kier molecular flexibility index (Phi) is 2.00. The van der Waals surface area contributed by atoms with Gasteiger partial charge in [-0.05, 0) is 19.3 Å². The van der Waals surface area contributed by atoms with E-state index in [4.69, 9.17) is 17.3 Å². The van der Waals surface area contributed by atoms with Crippen LogP contribution < -0.4 is 5.73 Å². The van der Waals surface area contributed by atoms with Gasteiger partial charge in [0.1, 0.15) is 11.5 Å². The van der Waals surface area contributed by atoms with Gasteiger partial charge in [-0.3, -0.25) is 0 Å². The molecule has 0 amide bonds. The normalized spacial score (nSPS) is 18.7. The molecule has 4 heteroatoms. The van der Waals surface area contributed by atoms with Gasteiger partial charge in [0.2, 0.25) is 0 Å². The maximum Gasteiger partial charge on any atom is 0.137 e. The van der Waals surface area contributed by atoms with Gasteiger partial charge in [0.25, 0.3) is 0 Å². The molecule has 1 saturated carbocycles. The molecule has 1 heterocycles. The Balaban J connectivity index is 2.52. The van der Waals surface area contributed by atoms with Gasteiger partial charge in [-0.1, -0.05) is 18.5 Å². The Morgan fingerprint density at radius 3 is 2.77 bits per heavy atom. The first-order valence-electron chi connectivity index (χ1n) is 4.46. The van der Waals surface area contributed by atoms with Gasteiger partial charge in [0.15, 0.2) is 0 Å². The van der Waals surface area contributed by atoms with Crippen molar-refractivity contribution in [1.82, 2.24) is 9.97 Å². The van der Waals surface area contributed by atoms with E-state index in [1.807, 2.05) is 6.92 Å². The Hall–Kier alpha value is -0.670. The molecular formula is C9H12ClN3. The molecule has 1 aliphatic carbocycles. The van der Waals surface area contributed by atoms with Gasteiger partial charge in [0, 0.05) is 11.1 Å². The zero-order valence-electron chi connectivity index (χ0n) is 7.55. The molecule has 0 aromatic carbocycles. The first kappa shape index (κ1) is 8.91. The molecule has 1 aromatic rings. The summed E-state index contributed by atoms with van der Waals surface area (Å²) in [6.45, 7) is 2.05. The lowest BCUT2D eigenvalue weighted by Gasteiger charge is -2.13. The molecule has 70 valence electrons. The number of rotatable bonds is 2. The van der Waals surface area contributed by atoms with Crippen molar-refractivity contribution in [1.29, 1.82) is 0 Å². The summed E-state index contributed by atoms with van der Waals surface area (Å²) >= 11 is 6.00. The number of nitrogens with zero attached hydrogens (tertiary/aromatic N) is 2. The fourth-order valence-electron chi connectivity index (χ4n) is 1.54. The van der Waals surface area contributed by atoms with Crippen molar-refractivity contribution >= 4 is 11.6 Å². The lowest BCUT2D eigenvalue weighted by molar-refractivity contribution is 0.709. The van der Waals surface area contributed by atoms with Crippen molar-refractivity contribution in [3.63, 3.8) is 0 Å². The molecule has 0 bridgehead atoms. The third kappa shape index (κ3) is 1.42. The minimum absolute atomic E-state index is 0.232. The first-order valence-corrected chi connectivity index (χ1v) is 4.84. The Labute approximate surface area is 82.3 Å². The topological polar surface area (TPSA) is 51.8 Å². The second-order valence-electron chi connectivity index (χ2n) is 3.50. The lowest BCUT2D eigenvalue weighted by atomic mass is 10.0. The molecule has 1 fully saturated rings. The summed E-state index contributed by atoms with van der Waals surface area (Å²) in [5, 5.41) is 0.520. The van der Waals surface area contributed by atoms with Gasteiger partial charge in [-0.2, -0.15) is 0 Å². The van der Waals surface area contributed by atoms with Crippen molar-refractivity contribution in [3.8, 4) is 0 Å². The van der Waals surface area contributed by atoms with E-state index in [0.29, 0.717) is 5.15 Å². The van der Waals surface area contributed by atoms with E-state index in [-0.39, 0.29) is 5.54 Å². The van der Waals surface area contributed by atoms with Crippen LogP contribution in [0.2, 0.25) is 5.15 Å². The maximum absolute atomic E-state index is 6.08. The molecule has 3 nitrogen and oxygen atoms in total. The second kappa shape index (κ2) is 2.93. The summed E-state index contributed by atoms with van der Waals surface area (Å²) in [6, 6.07) is 0. The van der Waals surface area contributed by atoms with E-state index in [9.17, 15) is 0 Å². The van der Waals surface area contributed by atoms with Gasteiger partial charge >= 0.3 is 0 Å². The van der Waals surface area contributed by atoms with E-state index < -0.39 is 0 Å². The van der Waals surface area contributed by atoms with Crippen molar-refractivity contribution in [2.45, 2.75) is 31.7 Å². The van der Waals surface area contributed by atoms with Crippen LogP contribution in [0.5, 0.6) is 0 Å². The molecule has 1 aliphatic rings. The fraction of sp³-hybridized carbons (Fsp3) is 0.556. The number of aromatic nitrogens is 2. The summed E-state index contributed by atoms with van der Waals surface area (Å²) in [5.41, 5.74) is 7.79. The number of halogens is 1. The number of aryl methyl sites for hydroxylation is 1. The maximum atomic E-state index is 6.08. The molecule has 0 unspecified atom stereocenters. The van der Waals surface area contributed by atoms with E-state index >= 15 is 0 Å². The van der Waals surface area contributed by atoms with Crippen LogP contribution in [0, 0.1) is 0 Å². The highest BCUT2D eigenvalue weighted by Crippen LogP contribution is 2.45. The van der Waals surface area contributed by atoms with Crippen LogP contribution in [0.3, 0.4) is 0 Å². The van der Waals surface area contributed by atoms with Gasteiger partial charge in [0.05, 0.1) is 5.69 Å². The number of hydrogen-bond acceptors (Lipinski definition) is 3. The van der Waals surface area contributed by atoms with E-state index in [1.165, 1.54) is 6.33 Å². The van der Waals surface area contributed by atoms with Gasteiger partial charge in [-0.15, -0.1) is 0 Å². The fourth-order valence-corrected chi connectivity index (χ4v) is 1.88. The standard InChI is InChI=1S/C9H12ClN3/c1-2-6-7(9(11)3-4-9)8(10)13-5-12-6/h5H,2-4,11H2,1H3. The summed E-state index contributed by atoms with van der Waals surface area (Å²) < 4.78 is 0. The zero-order valence-corrected chi connectivity index (χ0v) is 8.30. The van der Waals surface area contributed by atoms with Gasteiger partial charge in [-0.25, -0.2) is 9.97 Å². The molecule has 2 N–H and O–H groups in total. The molecular weight excluding hydrogens is 186 g/mol. The highest BCUT2D eigenvalue weighted by molar-refractivity contribution is 6.30. The summed E-state index contributed by atoms with van der Waals surface area (Å²) in [4.78, 5) is 8.16. The summed E-state index contributed by atoms with van der Waals surface area (Å²) in [6.07, 6.45) is 4.34. The predicted octanol–water partition coefficient (Wildman–Crippen LogP) is 1.64. The smallest absolute Gasteiger partial charge is 0.137 e.